The molecule has 0 bridgehead atoms. The summed E-state index contributed by atoms with van der Waals surface area (Å²) in [6.45, 7) is 11.3. The van der Waals surface area contributed by atoms with Gasteiger partial charge in [-0.15, -0.1) is 0 Å². The molecule has 8 nitrogen and oxygen atoms in total. The summed E-state index contributed by atoms with van der Waals surface area (Å²) in [6.07, 6.45) is 1.49. The second-order valence-corrected chi connectivity index (χ2v) is 8.31. The lowest BCUT2D eigenvalue weighted by atomic mass is 10.0. The van der Waals surface area contributed by atoms with E-state index >= 15 is 0 Å². The number of alkyl halides is 2. The molecule has 3 rings (SSSR count). The van der Waals surface area contributed by atoms with Crippen LogP contribution in [-0.4, -0.2) is 44.9 Å². The Morgan fingerprint density at radius 1 is 1.18 bits per heavy atom. The van der Waals surface area contributed by atoms with Crippen molar-refractivity contribution in [2.75, 3.05) is 5.32 Å². The largest absolute Gasteiger partial charge is 0.444 e. The van der Waals surface area contributed by atoms with Crippen LogP contribution in [-0.2, 0) is 17.7 Å². The van der Waals surface area contributed by atoms with Crippen LogP contribution >= 0.6 is 0 Å². The van der Waals surface area contributed by atoms with E-state index in [4.69, 9.17) is 4.74 Å². The predicted octanol–water partition coefficient (Wildman–Crippen LogP) is 5.17. The van der Waals surface area contributed by atoms with Crippen LogP contribution in [0.1, 0.15) is 52.7 Å². The lowest BCUT2D eigenvalue weighted by Gasteiger charge is -2.20. The molecule has 2 N–H and O–H groups in total. The van der Waals surface area contributed by atoms with E-state index in [9.17, 15) is 13.6 Å². The van der Waals surface area contributed by atoms with Gasteiger partial charge >= 0.3 is 6.09 Å². The van der Waals surface area contributed by atoms with E-state index in [2.05, 4.69) is 30.6 Å². The number of amidine groups is 1. The molecule has 1 atom stereocenters. The van der Waals surface area contributed by atoms with E-state index in [1.54, 1.807) is 39.0 Å². The van der Waals surface area contributed by atoms with E-state index in [1.807, 2.05) is 32.9 Å². The maximum Gasteiger partial charge on any atom is 0.407 e. The Hall–Kier alpha value is -3.43. The zero-order valence-electron chi connectivity index (χ0n) is 20.4. The molecule has 0 unspecified atom stereocenters. The van der Waals surface area contributed by atoms with Crippen molar-refractivity contribution in [3.63, 3.8) is 0 Å². The molecule has 0 aliphatic carbocycles. The normalized spacial score (nSPS) is 14.9. The number of rotatable bonds is 6. The molecule has 34 heavy (non-hydrogen) atoms. The number of anilines is 1. The fourth-order valence-corrected chi connectivity index (χ4v) is 3.00. The number of amides is 1. The van der Waals surface area contributed by atoms with Crippen LogP contribution in [0.25, 0.3) is 11.4 Å². The smallest absolute Gasteiger partial charge is 0.407 e. The van der Waals surface area contributed by atoms with Crippen LogP contribution < -0.4 is 10.6 Å². The summed E-state index contributed by atoms with van der Waals surface area (Å²) in [5.74, 6) is 1.27. The number of hydrogen-bond acceptors (Lipinski definition) is 7. The number of aliphatic imine (C=N–C) groups is 1. The third-order valence-corrected chi connectivity index (χ3v) is 4.35. The van der Waals surface area contributed by atoms with Crippen molar-refractivity contribution in [2.24, 2.45) is 4.99 Å². The fraction of sp³-hybridized carbons (Fsp3) is 0.458. The standard InChI is InChI=1S/C22H26F2N6O2.C2H6/c1-13-5-8-18(28-13)29-20-27-12-26-19(30-20)14-6-7-15(16(9-14)10-17(23)24)11-25-21(31)32-22(2,3)4;1-2/h5-9,12-13,17H,10-11H2,1-4H3,(H,25,31)(H,26,27,28,29,30);1-2H3/t13-;/m1./s1. The molecular weight excluding hydrogens is 442 g/mol. The molecule has 1 aliphatic rings. The molecule has 2 heterocycles. The van der Waals surface area contributed by atoms with Crippen molar-refractivity contribution in [2.45, 2.75) is 72.6 Å². The van der Waals surface area contributed by atoms with Crippen molar-refractivity contribution in [1.82, 2.24) is 20.3 Å². The highest BCUT2D eigenvalue weighted by Crippen LogP contribution is 2.23. The number of hydrogen-bond donors (Lipinski definition) is 2. The van der Waals surface area contributed by atoms with Gasteiger partial charge in [0.2, 0.25) is 12.4 Å². The first-order chi connectivity index (χ1) is 16.1. The second-order valence-electron chi connectivity index (χ2n) is 8.31. The van der Waals surface area contributed by atoms with Gasteiger partial charge in [-0.2, -0.15) is 4.98 Å². The zero-order chi connectivity index (χ0) is 25.3. The van der Waals surface area contributed by atoms with E-state index in [0.29, 0.717) is 34.3 Å². The summed E-state index contributed by atoms with van der Waals surface area (Å²) in [6, 6.07) is 5.08. The van der Waals surface area contributed by atoms with Crippen LogP contribution in [0, 0.1) is 0 Å². The van der Waals surface area contributed by atoms with Crippen LogP contribution in [0.2, 0.25) is 0 Å². The van der Waals surface area contributed by atoms with Gasteiger partial charge in [0.25, 0.3) is 0 Å². The Morgan fingerprint density at radius 2 is 1.91 bits per heavy atom. The molecule has 1 amide bonds. The summed E-state index contributed by atoms with van der Waals surface area (Å²) in [5.41, 5.74) is 0.860. The van der Waals surface area contributed by atoms with Crippen LogP contribution in [0.4, 0.5) is 19.5 Å². The van der Waals surface area contributed by atoms with E-state index in [1.165, 1.54) is 6.33 Å². The monoisotopic (exact) mass is 474 g/mol. The third kappa shape index (κ3) is 8.49. The quantitative estimate of drug-likeness (QED) is 0.599. The zero-order valence-corrected chi connectivity index (χ0v) is 20.4. The summed E-state index contributed by atoms with van der Waals surface area (Å²) in [4.78, 5) is 28.9. The Morgan fingerprint density at radius 3 is 2.53 bits per heavy atom. The average molecular weight is 475 g/mol. The van der Waals surface area contributed by atoms with Crippen LogP contribution in [0.5, 0.6) is 0 Å². The number of nitrogens with zero attached hydrogens (tertiary/aromatic N) is 4. The van der Waals surface area contributed by atoms with Crippen molar-refractivity contribution < 1.29 is 18.3 Å². The number of benzene rings is 1. The van der Waals surface area contributed by atoms with Gasteiger partial charge in [0, 0.05) is 18.5 Å². The lowest BCUT2D eigenvalue weighted by Crippen LogP contribution is -2.32. The first-order valence-corrected chi connectivity index (χ1v) is 11.2. The number of carbonyl (C=O) groups excluding carboxylic acids is 1. The third-order valence-electron chi connectivity index (χ3n) is 4.35. The maximum atomic E-state index is 13.2. The maximum absolute atomic E-state index is 13.2. The molecule has 0 saturated heterocycles. The van der Waals surface area contributed by atoms with E-state index < -0.39 is 24.5 Å². The van der Waals surface area contributed by atoms with Crippen molar-refractivity contribution in [3.8, 4) is 11.4 Å². The number of aromatic nitrogens is 3. The molecule has 184 valence electrons. The molecule has 1 aromatic heterocycles. The van der Waals surface area contributed by atoms with Gasteiger partial charge in [0.1, 0.15) is 17.8 Å². The van der Waals surface area contributed by atoms with Crippen molar-refractivity contribution >= 4 is 17.9 Å². The number of halogens is 2. The first kappa shape index (κ1) is 26.8. The number of alkyl carbamates (subject to hydrolysis) is 1. The molecule has 0 spiro atoms. The minimum Gasteiger partial charge on any atom is -0.444 e. The second kappa shape index (κ2) is 12.2. The number of ether oxygens (including phenoxy) is 1. The van der Waals surface area contributed by atoms with Gasteiger partial charge in [-0.05, 0) is 51.0 Å². The lowest BCUT2D eigenvalue weighted by molar-refractivity contribution is 0.0523. The van der Waals surface area contributed by atoms with Gasteiger partial charge in [-0.3, -0.25) is 4.99 Å². The summed E-state index contributed by atoms with van der Waals surface area (Å²) in [5, 5.41) is 5.61. The van der Waals surface area contributed by atoms with Gasteiger partial charge in [0.05, 0.1) is 6.04 Å². The predicted molar refractivity (Wildman–Crippen MR) is 129 cm³/mol. The highest BCUT2D eigenvalue weighted by molar-refractivity contribution is 6.04. The van der Waals surface area contributed by atoms with Gasteiger partial charge in [0.15, 0.2) is 5.82 Å². The van der Waals surface area contributed by atoms with Gasteiger partial charge < -0.3 is 15.4 Å². The number of carbonyl (C=O) groups is 1. The molecule has 0 fully saturated rings. The Kier molecular flexibility index (Phi) is 9.58. The topological polar surface area (TPSA) is 101 Å². The van der Waals surface area contributed by atoms with Gasteiger partial charge in [-0.25, -0.2) is 23.5 Å². The van der Waals surface area contributed by atoms with Crippen molar-refractivity contribution in [1.29, 1.82) is 0 Å². The van der Waals surface area contributed by atoms with Crippen molar-refractivity contribution in [3.05, 3.63) is 47.8 Å². The van der Waals surface area contributed by atoms with Gasteiger partial charge in [-0.1, -0.05) is 32.1 Å². The molecule has 1 aromatic carbocycles. The van der Waals surface area contributed by atoms with E-state index in [0.717, 1.165) is 0 Å². The minimum atomic E-state index is -2.55. The Bertz CT molecular complexity index is 1030. The summed E-state index contributed by atoms with van der Waals surface area (Å²) >= 11 is 0. The molecule has 0 saturated carbocycles. The van der Waals surface area contributed by atoms with E-state index in [-0.39, 0.29) is 12.6 Å². The Balaban J connectivity index is 0.00000199. The first-order valence-electron chi connectivity index (χ1n) is 11.2. The Labute approximate surface area is 199 Å². The number of nitrogens with one attached hydrogen (secondary N) is 2. The summed E-state index contributed by atoms with van der Waals surface area (Å²) < 4.78 is 31.6. The molecule has 1 aliphatic heterocycles. The highest BCUT2D eigenvalue weighted by atomic mass is 19.3. The minimum absolute atomic E-state index is 0.0611. The van der Waals surface area contributed by atoms with Crippen LogP contribution in [0.3, 0.4) is 0 Å². The average Bonchev–Trinajstić information content (AvgIpc) is 3.17. The molecule has 10 heteroatoms. The van der Waals surface area contributed by atoms with Crippen LogP contribution in [0.15, 0.2) is 41.7 Å². The molecular formula is C24H32F2N6O2. The fourth-order valence-electron chi connectivity index (χ4n) is 3.00. The SMILES string of the molecule is CC.C[C@@H]1C=CC(Nc2ncnc(-c3ccc(CNC(=O)OC(C)(C)C)c(CC(F)F)c3)n2)=N1. The molecule has 0 radical (unpaired) electrons. The summed E-state index contributed by atoms with van der Waals surface area (Å²) in [7, 11) is 0. The molecule has 2 aromatic rings. The highest BCUT2D eigenvalue weighted by Gasteiger charge is 2.18.